The van der Waals surface area contributed by atoms with Gasteiger partial charge in [-0.2, -0.15) is 0 Å². The van der Waals surface area contributed by atoms with Gasteiger partial charge >= 0.3 is 0 Å². The first-order chi connectivity index (χ1) is 19.1. The summed E-state index contributed by atoms with van der Waals surface area (Å²) in [5.74, 6) is 3.27. The Kier molecular flexibility index (Phi) is 18.4. The van der Waals surface area contributed by atoms with Gasteiger partial charge in [-0.15, -0.1) is 13.2 Å². The molecule has 0 bridgehead atoms. The van der Waals surface area contributed by atoms with Crippen LogP contribution >= 0.6 is 0 Å². The van der Waals surface area contributed by atoms with Crippen LogP contribution in [0.4, 0.5) is 0 Å². The summed E-state index contributed by atoms with van der Waals surface area (Å²) in [6.45, 7) is 27.9. The van der Waals surface area contributed by atoms with E-state index in [1.54, 1.807) is 0 Å². The van der Waals surface area contributed by atoms with Crippen LogP contribution in [0.3, 0.4) is 0 Å². The average Bonchev–Trinajstić information content (AvgIpc) is 3.50. The zero-order valence-corrected chi connectivity index (χ0v) is 29.2. The quantitative estimate of drug-likeness (QED) is 0.0882. The van der Waals surface area contributed by atoms with Crippen LogP contribution in [0.25, 0.3) is 0 Å². The van der Waals surface area contributed by atoms with Crippen molar-refractivity contribution < 1.29 is 0 Å². The smallest absolute Gasteiger partial charge is 0.0233 e. The molecular formula is C40H76. The lowest BCUT2D eigenvalue weighted by Gasteiger charge is -2.34. The predicted molar refractivity (Wildman–Crippen MR) is 184 cm³/mol. The van der Waals surface area contributed by atoms with Gasteiger partial charge in [-0.25, -0.2) is 0 Å². The van der Waals surface area contributed by atoms with Crippen LogP contribution in [0.15, 0.2) is 25.3 Å². The molecule has 0 amide bonds. The Bertz CT molecular complexity index is 661. The summed E-state index contributed by atoms with van der Waals surface area (Å²) in [4.78, 5) is 0. The van der Waals surface area contributed by atoms with E-state index >= 15 is 0 Å². The number of hydrogen-bond acceptors (Lipinski definition) is 0. The third-order valence-corrected chi connectivity index (χ3v) is 11.4. The van der Waals surface area contributed by atoms with E-state index in [0.29, 0.717) is 16.2 Å². The Morgan fingerprint density at radius 1 is 0.650 bits per heavy atom. The van der Waals surface area contributed by atoms with Crippen LogP contribution in [-0.4, -0.2) is 0 Å². The van der Waals surface area contributed by atoms with E-state index in [0.717, 1.165) is 23.7 Å². The molecule has 0 N–H and O–H groups in total. The van der Waals surface area contributed by atoms with Gasteiger partial charge in [0, 0.05) is 0 Å². The first-order valence-corrected chi connectivity index (χ1v) is 18.4. The topological polar surface area (TPSA) is 0 Å². The molecule has 7 atom stereocenters. The van der Waals surface area contributed by atoms with Crippen molar-refractivity contribution in [1.82, 2.24) is 0 Å². The van der Waals surface area contributed by atoms with Gasteiger partial charge in [-0.1, -0.05) is 125 Å². The summed E-state index contributed by atoms with van der Waals surface area (Å²) < 4.78 is 0. The fraction of sp³-hybridized carbons (Fsp3) is 0.900. The van der Waals surface area contributed by atoms with Crippen molar-refractivity contribution in [2.75, 3.05) is 0 Å². The zero-order chi connectivity index (χ0) is 30.1. The molecule has 0 spiro atoms. The van der Waals surface area contributed by atoms with Gasteiger partial charge in [-0.3, -0.25) is 0 Å². The molecule has 1 rings (SSSR count). The first kappa shape index (κ1) is 37.5. The Balaban J connectivity index is 2.78. The molecule has 0 aromatic heterocycles. The summed E-state index contributed by atoms with van der Waals surface area (Å²) in [6.07, 6.45) is 33.6. The van der Waals surface area contributed by atoms with E-state index in [9.17, 15) is 0 Å². The highest BCUT2D eigenvalue weighted by molar-refractivity contribution is 5.14. The lowest BCUT2D eigenvalue weighted by atomic mass is 9.72. The fourth-order valence-electron chi connectivity index (χ4n) is 9.46. The largest absolute Gasteiger partial charge is 0.103 e. The van der Waals surface area contributed by atoms with Crippen molar-refractivity contribution in [3.63, 3.8) is 0 Å². The molecule has 0 heteroatoms. The molecule has 1 saturated carbocycles. The second-order valence-corrected chi connectivity index (χ2v) is 15.3. The maximum absolute atomic E-state index is 4.18. The van der Waals surface area contributed by atoms with Crippen LogP contribution in [0.5, 0.6) is 0 Å². The van der Waals surface area contributed by atoms with E-state index in [-0.39, 0.29) is 0 Å². The fourth-order valence-corrected chi connectivity index (χ4v) is 9.46. The molecule has 1 aliphatic rings. The predicted octanol–water partition coefficient (Wildman–Crippen LogP) is 14.1. The van der Waals surface area contributed by atoms with Crippen molar-refractivity contribution >= 4 is 0 Å². The van der Waals surface area contributed by atoms with Crippen LogP contribution < -0.4 is 0 Å². The summed E-state index contributed by atoms with van der Waals surface area (Å²) in [6, 6.07) is 0. The SMILES string of the molecule is C=CCC(C)CC1(CCCC)CC1(CCC)CC(C)CC(CC=C)CC(C)CCCC(CC)(CCC)CCCC. The van der Waals surface area contributed by atoms with Gasteiger partial charge in [0.2, 0.25) is 0 Å². The van der Waals surface area contributed by atoms with Gasteiger partial charge in [0.05, 0.1) is 0 Å². The molecule has 236 valence electrons. The molecule has 1 aliphatic carbocycles. The standard InChI is InChI=1S/C40H76/c1-11-18-26-38(17-7,24-15-5)27-20-23-34(8)29-37(22-14-4)30-36(10)32-39(25-16-6)33-40(39,28-19-12-2)31-35(9)21-13-3/h13-14,34-37H,3-4,11-12,15-33H2,1-2,5-10H3. The third kappa shape index (κ3) is 12.0. The molecule has 0 heterocycles. The highest BCUT2D eigenvalue weighted by atomic mass is 14.7. The average molecular weight is 557 g/mol. The van der Waals surface area contributed by atoms with Crippen LogP contribution in [0.1, 0.15) is 190 Å². The summed E-state index contributed by atoms with van der Waals surface area (Å²) >= 11 is 0. The Hall–Kier alpha value is -0.520. The van der Waals surface area contributed by atoms with Gasteiger partial charge in [0.1, 0.15) is 0 Å². The summed E-state index contributed by atoms with van der Waals surface area (Å²) in [7, 11) is 0. The minimum Gasteiger partial charge on any atom is -0.103 e. The van der Waals surface area contributed by atoms with Gasteiger partial charge in [-0.05, 0) is 117 Å². The highest BCUT2D eigenvalue weighted by Crippen LogP contribution is 2.74. The lowest BCUT2D eigenvalue weighted by Crippen LogP contribution is -2.22. The maximum Gasteiger partial charge on any atom is -0.0233 e. The lowest BCUT2D eigenvalue weighted by molar-refractivity contribution is 0.181. The summed E-state index contributed by atoms with van der Waals surface area (Å²) in [5.41, 5.74) is 1.83. The molecule has 0 nitrogen and oxygen atoms in total. The second-order valence-electron chi connectivity index (χ2n) is 15.3. The maximum atomic E-state index is 4.18. The molecule has 0 saturated heterocycles. The van der Waals surface area contributed by atoms with E-state index < -0.39 is 0 Å². The Labute approximate surface area is 255 Å². The second kappa shape index (κ2) is 19.6. The van der Waals surface area contributed by atoms with E-state index in [4.69, 9.17) is 0 Å². The van der Waals surface area contributed by atoms with E-state index in [1.165, 1.54) is 135 Å². The van der Waals surface area contributed by atoms with Crippen LogP contribution in [0, 0.1) is 39.9 Å². The van der Waals surface area contributed by atoms with Gasteiger partial charge < -0.3 is 0 Å². The van der Waals surface area contributed by atoms with Gasteiger partial charge in [0.25, 0.3) is 0 Å². The first-order valence-electron chi connectivity index (χ1n) is 18.4. The normalized spacial score (nSPS) is 25.1. The van der Waals surface area contributed by atoms with Crippen molar-refractivity contribution in [2.45, 2.75) is 190 Å². The molecular weight excluding hydrogens is 480 g/mol. The minimum atomic E-state index is 0.608. The molecule has 40 heavy (non-hydrogen) atoms. The third-order valence-electron chi connectivity index (χ3n) is 11.4. The molecule has 0 radical (unpaired) electrons. The number of unbranched alkanes of at least 4 members (excludes halogenated alkanes) is 2. The zero-order valence-electron chi connectivity index (χ0n) is 29.2. The number of hydrogen-bond donors (Lipinski definition) is 0. The van der Waals surface area contributed by atoms with Crippen molar-refractivity contribution in [3.8, 4) is 0 Å². The Morgan fingerprint density at radius 3 is 1.82 bits per heavy atom. The molecule has 0 aliphatic heterocycles. The van der Waals surface area contributed by atoms with Crippen LogP contribution in [-0.2, 0) is 0 Å². The molecule has 7 unspecified atom stereocenters. The number of rotatable bonds is 27. The Morgan fingerprint density at radius 2 is 1.25 bits per heavy atom. The van der Waals surface area contributed by atoms with Crippen molar-refractivity contribution in [3.05, 3.63) is 25.3 Å². The minimum absolute atomic E-state index is 0.608. The van der Waals surface area contributed by atoms with Crippen LogP contribution in [0.2, 0.25) is 0 Å². The van der Waals surface area contributed by atoms with E-state index in [1.807, 2.05) is 0 Å². The van der Waals surface area contributed by atoms with Gasteiger partial charge in [0.15, 0.2) is 0 Å². The molecule has 1 fully saturated rings. The molecule has 0 aromatic carbocycles. The van der Waals surface area contributed by atoms with E-state index in [2.05, 4.69) is 80.7 Å². The highest BCUT2D eigenvalue weighted by Gasteiger charge is 2.64. The molecule has 0 aromatic rings. The van der Waals surface area contributed by atoms with Crippen molar-refractivity contribution in [1.29, 1.82) is 0 Å². The number of allylic oxidation sites excluding steroid dienone is 2. The monoisotopic (exact) mass is 557 g/mol. The van der Waals surface area contributed by atoms with Crippen molar-refractivity contribution in [2.24, 2.45) is 39.9 Å². The summed E-state index contributed by atoms with van der Waals surface area (Å²) in [5, 5.41) is 0.